The fraction of sp³-hybridized carbons (Fsp3) is 0.650. The number of likely N-dealkylation sites (N-methyl/N-ethyl adjacent to an activating group) is 1. The molecule has 0 N–H and O–H groups in total. The summed E-state index contributed by atoms with van der Waals surface area (Å²) in [6, 6.07) is 6.93. The monoisotopic (exact) mass is 471 g/mol. The zero-order valence-electron chi connectivity index (χ0n) is 16.7. The van der Waals surface area contributed by atoms with Gasteiger partial charge in [-0.15, -0.1) is 0 Å². The molecule has 6 nitrogen and oxygen atoms in total. The zero-order chi connectivity index (χ0) is 20.3. The maximum absolute atomic E-state index is 12.9. The first-order chi connectivity index (χ1) is 13.3. The number of halogens is 1. The summed E-state index contributed by atoms with van der Waals surface area (Å²) in [5.74, 6) is 0.148. The number of rotatable bonds is 5. The van der Waals surface area contributed by atoms with Crippen LogP contribution in [0, 0.1) is 0 Å². The Bertz CT molecular complexity index is 788. The molecule has 0 radical (unpaired) electrons. The molecule has 0 spiro atoms. The fourth-order valence-corrected chi connectivity index (χ4v) is 6.23. The van der Waals surface area contributed by atoms with Crippen LogP contribution < -0.4 is 0 Å². The molecule has 0 aromatic heterocycles. The van der Waals surface area contributed by atoms with Crippen LogP contribution in [0.1, 0.15) is 39.0 Å². The second-order valence-electron chi connectivity index (χ2n) is 7.81. The van der Waals surface area contributed by atoms with Crippen molar-refractivity contribution in [2.24, 2.45) is 0 Å². The number of sulfonamides is 1. The molecule has 1 amide bonds. The van der Waals surface area contributed by atoms with Crippen molar-refractivity contribution in [2.45, 2.75) is 56.0 Å². The van der Waals surface area contributed by atoms with Gasteiger partial charge >= 0.3 is 0 Å². The average molecular weight is 472 g/mol. The topological polar surface area (TPSA) is 60.9 Å². The lowest BCUT2D eigenvalue weighted by Crippen LogP contribution is -2.56. The summed E-state index contributed by atoms with van der Waals surface area (Å²) in [7, 11) is -1.59. The molecule has 156 valence electrons. The Morgan fingerprint density at radius 2 is 1.79 bits per heavy atom. The highest BCUT2D eigenvalue weighted by Crippen LogP contribution is 2.24. The van der Waals surface area contributed by atoms with Gasteiger partial charge in [-0.1, -0.05) is 41.3 Å². The molecule has 1 aliphatic heterocycles. The lowest BCUT2D eigenvalue weighted by Gasteiger charge is -2.39. The largest absolute Gasteiger partial charge is 0.341 e. The third-order valence-corrected chi connectivity index (χ3v) is 8.47. The first-order valence-corrected chi connectivity index (χ1v) is 12.3. The number of benzene rings is 1. The molecule has 1 aliphatic carbocycles. The smallest absolute Gasteiger partial charge is 0.243 e. The van der Waals surface area contributed by atoms with Crippen LogP contribution in [-0.2, 0) is 14.8 Å². The SMILES string of the molecule is CC(C(=O)N(C)C1CCCCC1)N1CCN(S(=O)(=O)c2cccc(Br)c2)CC1. The third kappa shape index (κ3) is 4.78. The van der Waals surface area contributed by atoms with E-state index >= 15 is 0 Å². The molecule has 1 heterocycles. The van der Waals surface area contributed by atoms with Crippen molar-refractivity contribution in [2.75, 3.05) is 33.2 Å². The molecule has 3 rings (SSSR count). The van der Waals surface area contributed by atoms with Gasteiger partial charge in [-0.25, -0.2) is 8.42 Å². The van der Waals surface area contributed by atoms with E-state index in [-0.39, 0.29) is 11.9 Å². The average Bonchev–Trinajstić information content (AvgIpc) is 2.73. The summed E-state index contributed by atoms with van der Waals surface area (Å²) in [5, 5.41) is 0. The molecule has 28 heavy (non-hydrogen) atoms. The van der Waals surface area contributed by atoms with Gasteiger partial charge in [-0.3, -0.25) is 9.69 Å². The molecule has 2 aliphatic rings. The van der Waals surface area contributed by atoms with E-state index in [0.29, 0.717) is 37.1 Å². The summed E-state index contributed by atoms with van der Waals surface area (Å²) in [6.07, 6.45) is 5.84. The van der Waals surface area contributed by atoms with Gasteiger partial charge in [0.05, 0.1) is 10.9 Å². The van der Waals surface area contributed by atoms with Gasteiger partial charge in [-0.2, -0.15) is 4.31 Å². The highest BCUT2D eigenvalue weighted by molar-refractivity contribution is 9.10. The van der Waals surface area contributed by atoms with Crippen LogP contribution in [-0.4, -0.2) is 73.7 Å². The minimum absolute atomic E-state index is 0.148. The van der Waals surface area contributed by atoms with Crippen LogP contribution in [0.25, 0.3) is 0 Å². The molecule has 2 fully saturated rings. The van der Waals surface area contributed by atoms with E-state index in [1.165, 1.54) is 23.6 Å². The molecule has 1 aromatic carbocycles. The van der Waals surface area contributed by atoms with Crippen LogP contribution in [0.15, 0.2) is 33.6 Å². The molecular weight excluding hydrogens is 442 g/mol. The van der Waals surface area contributed by atoms with Gasteiger partial charge in [0.15, 0.2) is 0 Å². The van der Waals surface area contributed by atoms with E-state index < -0.39 is 10.0 Å². The second-order valence-corrected chi connectivity index (χ2v) is 10.7. The summed E-state index contributed by atoms with van der Waals surface area (Å²) in [5.41, 5.74) is 0. The van der Waals surface area contributed by atoms with Crippen molar-refractivity contribution in [1.29, 1.82) is 0 Å². The van der Waals surface area contributed by atoms with Gasteiger partial charge in [-0.05, 0) is 38.0 Å². The Morgan fingerprint density at radius 1 is 1.14 bits per heavy atom. The number of hydrogen-bond donors (Lipinski definition) is 0. The lowest BCUT2D eigenvalue weighted by atomic mass is 9.94. The number of hydrogen-bond acceptors (Lipinski definition) is 4. The molecule has 1 saturated carbocycles. The number of amides is 1. The Hall–Kier alpha value is -0.960. The summed E-state index contributed by atoms with van der Waals surface area (Å²) in [6.45, 7) is 3.89. The van der Waals surface area contributed by atoms with Crippen molar-refractivity contribution >= 4 is 31.9 Å². The molecule has 1 saturated heterocycles. The van der Waals surface area contributed by atoms with E-state index in [1.807, 2.05) is 24.9 Å². The van der Waals surface area contributed by atoms with Gasteiger partial charge in [0.25, 0.3) is 0 Å². The first kappa shape index (κ1) is 21.7. The standard InChI is InChI=1S/C20H30BrN3O3S/c1-16(20(25)22(2)18-8-4-3-5-9-18)23-11-13-24(14-12-23)28(26,27)19-10-6-7-17(21)15-19/h6-7,10,15-16,18H,3-5,8-9,11-14H2,1-2H3. The van der Waals surface area contributed by atoms with Crippen LogP contribution in [0.2, 0.25) is 0 Å². The van der Waals surface area contributed by atoms with E-state index in [9.17, 15) is 13.2 Å². The summed E-state index contributed by atoms with van der Waals surface area (Å²) >= 11 is 3.34. The van der Waals surface area contributed by atoms with Gasteiger partial charge < -0.3 is 4.90 Å². The predicted molar refractivity (Wildman–Crippen MR) is 114 cm³/mol. The van der Waals surface area contributed by atoms with Crippen molar-refractivity contribution in [3.63, 3.8) is 0 Å². The Kier molecular flexibility index (Phi) is 7.17. The number of carbonyl (C=O) groups is 1. The van der Waals surface area contributed by atoms with E-state index in [2.05, 4.69) is 20.8 Å². The predicted octanol–water partition coefficient (Wildman–Crippen LogP) is 2.94. The molecule has 1 aromatic rings. The van der Waals surface area contributed by atoms with E-state index in [4.69, 9.17) is 0 Å². The number of piperazine rings is 1. The summed E-state index contributed by atoms with van der Waals surface area (Å²) < 4.78 is 28.0. The Morgan fingerprint density at radius 3 is 2.39 bits per heavy atom. The molecule has 8 heteroatoms. The molecule has 0 bridgehead atoms. The van der Waals surface area contributed by atoms with Gasteiger partial charge in [0.1, 0.15) is 0 Å². The van der Waals surface area contributed by atoms with Gasteiger partial charge in [0.2, 0.25) is 15.9 Å². The molecule has 1 atom stereocenters. The fourth-order valence-electron chi connectivity index (χ4n) is 4.21. The molecule has 1 unspecified atom stereocenters. The summed E-state index contributed by atoms with van der Waals surface area (Å²) in [4.78, 5) is 17.3. The zero-order valence-corrected chi connectivity index (χ0v) is 19.1. The van der Waals surface area contributed by atoms with Crippen LogP contribution in [0.5, 0.6) is 0 Å². The second kappa shape index (κ2) is 9.24. The molecular formula is C20H30BrN3O3S. The van der Waals surface area contributed by atoms with E-state index in [0.717, 1.165) is 17.3 Å². The van der Waals surface area contributed by atoms with Crippen LogP contribution >= 0.6 is 15.9 Å². The van der Waals surface area contributed by atoms with Gasteiger partial charge in [0, 0.05) is 43.7 Å². The van der Waals surface area contributed by atoms with Crippen molar-refractivity contribution in [3.8, 4) is 0 Å². The number of nitrogens with zero attached hydrogens (tertiary/aromatic N) is 3. The lowest BCUT2D eigenvalue weighted by molar-refractivity contribution is -0.138. The highest BCUT2D eigenvalue weighted by Gasteiger charge is 2.34. The Labute approximate surface area is 177 Å². The highest BCUT2D eigenvalue weighted by atomic mass is 79.9. The quantitative estimate of drug-likeness (QED) is 0.662. The van der Waals surface area contributed by atoms with Crippen LogP contribution in [0.4, 0.5) is 0 Å². The van der Waals surface area contributed by atoms with E-state index in [1.54, 1.807) is 18.2 Å². The third-order valence-electron chi connectivity index (χ3n) is 6.08. The van der Waals surface area contributed by atoms with Crippen molar-refractivity contribution in [1.82, 2.24) is 14.1 Å². The van der Waals surface area contributed by atoms with Crippen molar-refractivity contribution in [3.05, 3.63) is 28.7 Å². The normalized spacial score (nSPS) is 21.4. The van der Waals surface area contributed by atoms with Crippen molar-refractivity contribution < 1.29 is 13.2 Å². The number of carbonyl (C=O) groups excluding carboxylic acids is 1. The van der Waals surface area contributed by atoms with Crippen LogP contribution in [0.3, 0.4) is 0 Å². The minimum atomic E-state index is -3.51. The minimum Gasteiger partial charge on any atom is -0.341 e. The maximum Gasteiger partial charge on any atom is 0.243 e. The Balaban J connectivity index is 1.59. The first-order valence-electron chi connectivity index (χ1n) is 10.1. The maximum atomic E-state index is 12.9.